The van der Waals surface area contributed by atoms with E-state index in [0.717, 1.165) is 19.4 Å². The van der Waals surface area contributed by atoms with Gasteiger partial charge in [0.05, 0.1) is 12.2 Å². The Morgan fingerprint density at radius 3 is 2.80 bits per heavy atom. The van der Waals surface area contributed by atoms with E-state index >= 15 is 0 Å². The van der Waals surface area contributed by atoms with Crippen LogP contribution in [0.5, 0.6) is 0 Å². The number of aromatic nitrogens is 3. The highest BCUT2D eigenvalue weighted by Crippen LogP contribution is 2.39. The Hall–Kier alpha value is -1.83. The molecular formula is C18H19FN4S2. The fraction of sp³-hybridized carbons (Fsp3) is 0.333. The molecule has 4 rings (SSSR count). The molecular weight excluding hydrogens is 355 g/mol. The Labute approximate surface area is 155 Å². The third kappa shape index (κ3) is 3.44. The lowest BCUT2D eigenvalue weighted by Crippen LogP contribution is -2.22. The fourth-order valence-electron chi connectivity index (χ4n) is 2.97. The first kappa shape index (κ1) is 16.6. The van der Waals surface area contributed by atoms with Crippen LogP contribution in [0.4, 0.5) is 4.39 Å². The van der Waals surface area contributed by atoms with Crippen molar-refractivity contribution < 1.29 is 4.39 Å². The van der Waals surface area contributed by atoms with E-state index in [4.69, 9.17) is 12.2 Å². The second-order valence-corrected chi connectivity index (χ2v) is 7.62. The summed E-state index contributed by atoms with van der Waals surface area (Å²) in [6, 6.07) is 9.23. The molecule has 1 saturated carbocycles. The van der Waals surface area contributed by atoms with Gasteiger partial charge in [0.25, 0.3) is 0 Å². The van der Waals surface area contributed by atoms with Gasteiger partial charge in [-0.1, -0.05) is 12.1 Å². The molecule has 1 fully saturated rings. The summed E-state index contributed by atoms with van der Waals surface area (Å²) in [6.45, 7) is 1.41. The maximum atomic E-state index is 14.3. The van der Waals surface area contributed by atoms with Crippen LogP contribution >= 0.6 is 23.6 Å². The van der Waals surface area contributed by atoms with Gasteiger partial charge in [0.2, 0.25) is 0 Å². The Morgan fingerprint density at radius 1 is 1.32 bits per heavy atom. The number of thiophene rings is 1. The molecule has 2 aromatic heterocycles. The Morgan fingerprint density at radius 2 is 2.12 bits per heavy atom. The molecule has 7 heteroatoms. The van der Waals surface area contributed by atoms with Gasteiger partial charge in [-0.25, -0.2) is 9.07 Å². The third-order valence-electron chi connectivity index (χ3n) is 4.31. The van der Waals surface area contributed by atoms with Crippen LogP contribution in [0.2, 0.25) is 0 Å². The fourth-order valence-corrected chi connectivity index (χ4v) is 3.97. The number of nitrogens with zero attached hydrogens (tertiary/aromatic N) is 4. The Bertz CT molecular complexity index is 925. The minimum atomic E-state index is -0.261. The number of hydrogen-bond donors (Lipinski definition) is 0. The second-order valence-electron chi connectivity index (χ2n) is 6.47. The van der Waals surface area contributed by atoms with Crippen LogP contribution in [0.1, 0.15) is 24.4 Å². The highest BCUT2D eigenvalue weighted by Gasteiger charge is 2.30. The van der Waals surface area contributed by atoms with Crippen molar-refractivity contribution in [2.75, 3.05) is 7.05 Å². The average molecular weight is 375 g/mol. The number of rotatable bonds is 6. The summed E-state index contributed by atoms with van der Waals surface area (Å²) < 4.78 is 18.8. The molecule has 0 atom stereocenters. The maximum Gasteiger partial charge on any atom is 0.199 e. The quantitative estimate of drug-likeness (QED) is 0.585. The van der Waals surface area contributed by atoms with Gasteiger partial charge in [0, 0.05) is 12.6 Å². The van der Waals surface area contributed by atoms with Gasteiger partial charge in [-0.05, 0) is 66.6 Å². The van der Waals surface area contributed by atoms with Gasteiger partial charge < -0.3 is 0 Å². The summed E-state index contributed by atoms with van der Waals surface area (Å²) in [5.74, 6) is 0.373. The summed E-state index contributed by atoms with van der Waals surface area (Å²) in [6.07, 6.45) is 2.15. The van der Waals surface area contributed by atoms with Crippen LogP contribution in [0, 0.1) is 10.6 Å². The first-order chi connectivity index (χ1) is 12.1. The highest BCUT2D eigenvalue weighted by atomic mass is 32.1. The summed E-state index contributed by atoms with van der Waals surface area (Å²) >= 11 is 7.35. The van der Waals surface area contributed by atoms with E-state index in [1.165, 1.54) is 11.6 Å². The molecule has 25 heavy (non-hydrogen) atoms. The molecule has 0 amide bonds. The Balaban J connectivity index is 1.66. The predicted molar refractivity (Wildman–Crippen MR) is 101 cm³/mol. The van der Waals surface area contributed by atoms with Crippen molar-refractivity contribution in [3.05, 3.63) is 57.2 Å². The molecule has 4 nitrogen and oxygen atoms in total. The smallest absolute Gasteiger partial charge is 0.199 e. The molecule has 0 N–H and O–H groups in total. The van der Waals surface area contributed by atoms with Crippen molar-refractivity contribution >= 4 is 23.6 Å². The molecule has 0 radical (unpaired) electrons. The summed E-state index contributed by atoms with van der Waals surface area (Å²) in [7, 11) is 2.04. The van der Waals surface area contributed by atoms with E-state index in [1.807, 2.05) is 22.4 Å². The van der Waals surface area contributed by atoms with Crippen molar-refractivity contribution in [2.24, 2.45) is 0 Å². The zero-order chi connectivity index (χ0) is 17.4. The predicted octanol–water partition coefficient (Wildman–Crippen LogP) is 4.71. The average Bonchev–Trinajstić information content (AvgIpc) is 3.20. The molecule has 0 spiro atoms. The van der Waals surface area contributed by atoms with Gasteiger partial charge in [-0.3, -0.25) is 9.47 Å². The van der Waals surface area contributed by atoms with Gasteiger partial charge >= 0.3 is 0 Å². The number of halogens is 1. The van der Waals surface area contributed by atoms with E-state index in [0.29, 0.717) is 28.9 Å². The first-order valence-corrected chi connectivity index (χ1v) is 9.62. The molecule has 2 heterocycles. The van der Waals surface area contributed by atoms with Gasteiger partial charge in [-0.2, -0.15) is 16.4 Å². The van der Waals surface area contributed by atoms with Crippen molar-refractivity contribution in [2.45, 2.75) is 32.1 Å². The topological polar surface area (TPSA) is 26.0 Å². The lowest BCUT2D eigenvalue weighted by Gasteiger charge is -2.15. The van der Waals surface area contributed by atoms with Crippen molar-refractivity contribution in [3.8, 4) is 11.4 Å². The summed E-state index contributed by atoms with van der Waals surface area (Å²) in [5.41, 5.74) is 1.79. The van der Waals surface area contributed by atoms with Crippen molar-refractivity contribution in [1.29, 1.82) is 0 Å². The lowest BCUT2D eigenvalue weighted by molar-refractivity contribution is 0.244. The molecule has 1 aliphatic carbocycles. The first-order valence-electron chi connectivity index (χ1n) is 8.27. The van der Waals surface area contributed by atoms with Crippen molar-refractivity contribution in [3.63, 3.8) is 0 Å². The number of benzene rings is 1. The van der Waals surface area contributed by atoms with Crippen LogP contribution in [0.25, 0.3) is 11.4 Å². The second kappa shape index (κ2) is 6.82. The van der Waals surface area contributed by atoms with Crippen LogP contribution in [0.3, 0.4) is 0 Å². The summed E-state index contributed by atoms with van der Waals surface area (Å²) in [5, 5.41) is 8.89. The van der Waals surface area contributed by atoms with Crippen LogP contribution in [-0.2, 0) is 13.2 Å². The Kier molecular flexibility index (Phi) is 4.54. The van der Waals surface area contributed by atoms with Gasteiger partial charge in [0.1, 0.15) is 5.82 Å². The minimum absolute atomic E-state index is 0.261. The monoisotopic (exact) mass is 374 g/mol. The number of hydrogen-bond acceptors (Lipinski definition) is 4. The molecule has 1 aliphatic rings. The maximum absolute atomic E-state index is 14.3. The van der Waals surface area contributed by atoms with Crippen LogP contribution in [0.15, 0.2) is 41.1 Å². The molecule has 0 aliphatic heterocycles. The zero-order valence-electron chi connectivity index (χ0n) is 13.9. The minimum Gasteiger partial charge on any atom is -0.297 e. The largest absolute Gasteiger partial charge is 0.297 e. The lowest BCUT2D eigenvalue weighted by atomic mass is 10.2. The molecule has 0 unspecified atom stereocenters. The van der Waals surface area contributed by atoms with E-state index in [-0.39, 0.29) is 5.82 Å². The van der Waals surface area contributed by atoms with E-state index < -0.39 is 0 Å². The highest BCUT2D eigenvalue weighted by molar-refractivity contribution is 7.71. The SMILES string of the molecule is CN(Cc1ccsc1)Cn1nc(-c2ccccc2F)n(C2CC2)c1=S. The van der Waals surface area contributed by atoms with E-state index in [2.05, 4.69) is 26.8 Å². The standard InChI is InChI=1S/C18H19FN4S2/c1-21(10-13-8-9-25-11-13)12-22-18(24)23(14-6-7-14)17(20-22)15-4-2-3-5-16(15)19/h2-5,8-9,11,14H,6-7,10,12H2,1H3. The van der Waals surface area contributed by atoms with Gasteiger partial charge in [-0.15, -0.1) is 0 Å². The van der Waals surface area contributed by atoms with Crippen LogP contribution in [-0.4, -0.2) is 26.3 Å². The molecule has 0 bridgehead atoms. The normalized spacial score (nSPS) is 14.4. The molecule has 130 valence electrons. The van der Waals surface area contributed by atoms with Gasteiger partial charge in [0.15, 0.2) is 10.6 Å². The van der Waals surface area contributed by atoms with Crippen molar-refractivity contribution in [1.82, 2.24) is 19.2 Å². The van der Waals surface area contributed by atoms with E-state index in [9.17, 15) is 4.39 Å². The molecule has 3 aromatic rings. The molecule has 0 saturated heterocycles. The zero-order valence-corrected chi connectivity index (χ0v) is 15.6. The molecule has 1 aromatic carbocycles. The van der Waals surface area contributed by atoms with Crippen LogP contribution < -0.4 is 0 Å². The third-order valence-corrected chi connectivity index (χ3v) is 5.44. The van der Waals surface area contributed by atoms with E-state index in [1.54, 1.807) is 23.5 Å². The summed E-state index contributed by atoms with van der Waals surface area (Å²) in [4.78, 5) is 2.16.